The topological polar surface area (TPSA) is 86.8 Å². The SMILES string of the molecule is Cc1ccc(N(CC(=O)N(Cc2ccccc2C)[C@@H](C)C(=O)NCC(C)C)S(=O)(=O)c2ccccc2)cc1. The Morgan fingerprint density at radius 3 is 2.05 bits per heavy atom. The molecule has 202 valence electrons. The molecule has 0 aliphatic rings. The maximum atomic E-state index is 13.9. The van der Waals surface area contributed by atoms with Gasteiger partial charge in [0.05, 0.1) is 10.6 Å². The molecule has 0 heterocycles. The van der Waals surface area contributed by atoms with Crippen molar-refractivity contribution in [3.8, 4) is 0 Å². The number of aryl methyl sites for hydroxylation is 2. The molecule has 1 atom stereocenters. The van der Waals surface area contributed by atoms with Crippen LogP contribution in [0.5, 0.6) is 0 Å². The predicted molar refractivity (Wildman–Crippen MR) is 151 cm³/mol. The number of hydrogen-bond acceptors (Lipinski definition) is 4. The zero-order chi connectivity index (χ0) is 27.9. The Kier molecular flexibility index (Phi) is 9.69. The summed E-state index contributed by atoms with van der Waals surface area (Å²) in [7, 11) is -4.06. The van der Waals surface area contributed by atoms with Crippen LogP contribution in [-0.2, 0) is 26.2 Å². The van der Waals surface area contributed by atoms with Crippen LogP contribution in [-0.4, -0.2) is 44.3 Å². The molecule has 3 aromatic carbocycles. The molecule has 0 spiro atoms. The van der Waals surface area contributed by atoms with Crippen molar-refractivity contribution in [3.63, 3.8) is 0 Å². The summed E-state index contributed by atoms with van der Waals surface area (Å²) in [6.07, 6.45) is 0. The Labute approximate surface area is 226 Å². The smallest absolute Gasteiger partial charge is 0.264 e. The highest BCUT2D eigenvalue weighted by atomic mass is 32.2. The molecule has 0 radical (unpaired) electrons. The molecule has 2 amide bonds. The largest absolute Gasteiger partial charge is 0.354 e. The first kappa shape index (κ1) is 28.9. The Morgan fingerprint density at radius 1 is 0.842 bits per heavy atom. The fourth-order valence-electron chi connectivity index (χ4n) is 3.97. The zero-order valence-electron chi connectivity index (χ0n) is 22.7. The van der Waals surface area contributed by atoms with Gasteiger partial charge < -0.3 is 10.2 Å². The molecule has 0 aliphatic heterocycles. The average molecular weight is 536 g/mol. The lowest BCUT2D eigenvalue weighted by atomic mass is 10.1. The fraction of sp³-hybridized carbons (Fsp3) is 0.333. The Hall–Kier alpha value is -3.65. The van der Waals surface area contributed by atoms with Crippen molar-refractivity contribution in [2.45, 2.75) is 52.1 Å². The van der Waals surface area contributed by atoms with Gasteiger partial charge in [0.1, 0.15) is 12.6 Å². The van der Waals surface area contributed by atoms with E-state index in [0.717, 1.165) is 21.0 Å². The quantitative estimate of drug-likeness (QED) is 0.386. The van der Waals surface area contributed by atoms with Gasteiger partial charge in [-0.25, -0.2) is 8.42 Å². The van der Waals surface area contributed by atoms with E-state index >= 15 is 0 Å². The van der Waals surface area contributed by atoms with Gasteiger partial charge in [-0.1, -0.05) is 74.0 Å². The summed E-state index contributed by atoms with van der Waals surface area (Å²) in [4.78, 5) is 28.5. The van der Waals surface area contributed by atoms with Crippen molar-refractivity contribution in [1.82, 2.24) is 10.2 Å². The molecule has 7 nitrogen and oxygen atoms in total. The van der Waals surface area contributed by atoms with E-state index in [0.29, 0.717) is 12.2 Å². The third-order valence-electron chi connectivity index (χ3n) is 6.39. The van der Waals surface area contributed by atoms with Crippen LogP contribution >= 0.6 is 0 Å². The van der Waals surface area contributed by atoms with Crippen LogP contribution in [0.15, 0.2) is 83.8 Å². The van der Waals surface area contributed by atoms with E-state index in [1.165, 1.54) is 17.0 Å². The van der Waals surface area contributed by atoms with Crippen molar-refractivity contribution in [3.05, 3.63) is 95.6 Å². The lowest BCUT2D eigenvalue weighted by Gasteiger charge is -2.32. The van der Waals surface area contributed by atoms with E-state index < -0.39 is 28.5 Å². The van der Waals surface area contributed by atoms with Crippen molar-refractivity contribution < 1.29 is 18.0 Å². The summed E-state index contributed by atoms with van der Waals surface area (Å²) in [6, 6.07) is 21.9. The first-order valence-corrected chi connectivity index (χ1v) is 14.2. The molecule has 0 aromatic heterocycles. The minimum atomic E-state index is -4.06. The monoisotopic (exact) mass is 535 g/mol. The van der Waals surface area contributed by atoms with Crippen LogP contribution in [0, 0.1) is 19.8 Å². The molecule has 0 saturated carbocycles. The normalized spacial score (nSPS) is 12.2. The molecule has 0 unspecified atom stereocenters. The highest BCUT2D eigenvalue weighted by Crippen LogP contribution is 2.25. The number of rotatable bonds is 11. The maximum Gasteiger partial charge on any atom is 0.264 e. The average Bonchev–Trinajstić information content (AvgIpc) is 2.90. The molecule has 0 bridgehead atoms. The first-order valence-electron chi connectivity index (χ1n) is 12.8. The number of nitrogens with zero attached hydrogens (tertiary/aromatic N) is 2. The zero-order valence-corrected chi connectivity index (χ0v) is 23.5. The van der Waals surface area contributed by atoms with Gasteiger partial charge in [0.2, 0.25) is 11.8 Å². The lowest BCUT2D eigenvalue weighted by Crippen LogP contribution is -2.51. The van der Waals surface area contributed by atoms with Crippen molar-refractivity contribution in [1.29, 1.82) is 0 Å². The van der Waals surface area contributed by atoms with E-state index in [1.807, 2.05) is 52.0 Å². The van der Waals surface area contributed by atoms with Crippen molar-refractivity contribution >= 4 is 27.5 Å². The van der Waals surface area contributed by atoms with Crippen LogP contribution in [0.1, 0.15) is 37.5 Å². The van der Waals surface area contributed by atoms with Crippen LogP contribution in [0.2, 0.25) is 0 Å². The number of sulfonamides is 1. The van der Waals surface area contributed by atoms with E-state index in [2.05, 4.69) is 5.32 Å². The van der Waals surface area contributed by atoms with Gasteiger partial charge in [0, 0.05) is 13.1 Å². The number of nitrogens with one attached hydrogen (secondary N) is 1. The molecular weight excluding hydrogens is 498 g/mol. The van der Waals surface area contributed by atoms with Crippen LogP contribution < -0.4 is 9.62 Å². The summed E-state index contributed by atoms with van der Waals surface area (Å²) in [5.41, 5.74) is 3.21. The lowest BCUT2D eigenvalue weighted by molar-refractivity contribution is -0.139. The Morgan fingerprint density at radius 2 is 1.45 bits per heavy atom. The second-order valence-corrected chi connectivity index (χ2v) is 11.8. The van der Waals surface area contributed by atoms with Gasteiger partial charge in [-0.2, -0.15) is 0 Å². The minimum absolute atomic E-state index is 0.0848. The Bertz CT molecular complexity index is 1340. The van der Waals surface area contributed by atoms with E-state index in [4.69, 9.17) is 0 Å². The highest BCUT2D eigenvalue weighted by Gasteiger charge is 2.32. The fourth-order valence-corrected chi connectivity index (χ4v) is 5.40. The van der Waals surface area contributed by atoms with Gasteiger partial charge >= 0.3 is 0 Å². The molecular formula is C30H37N3O4S. The molecule has 8 heteroatoms. The predicted octanol–water partition coefficient (Wildman–Crippen LogP) is 4.69. The molecule has 0 saturated heterocycles. The van der Waals surface area contributed by atoms with Crippen molar-refractivity contribution in [2.75, 3.05) is 17.4 Å². The number of hydrogen-bond donors (Lipinski definition) is 1. The minimum Gasteiger partial charge on any atom is -0.354 e. The van der Waals surface area contributed by atoms with Gasteiger partial charge in [-0.05, 0) is 62.1 Å². The maximum absolute atomic E-state index is 13.9. The highest BCUT2D eigenvalue weighted by molar-refractivity contribution is 7.92. The number of carbonyl (C=O) groups excluding carboxylic acids is 2. The molecule has 3 rings (SSSR count). The summed E-state index contributed by atoms with van der Waals surface area (Å²) in [5, 5.41) is 2.90. The summed E-state index contributed by atoms with van der Waals surface area (Å²) in [5.74, 6) is -0.506. The van der Waals surface area contributed by atoms with Gasteiger partial charge in [0.25, 0.3) is 10.0 Å². The number of carbonyl (C=O) groups is 2. The summed E-state index contributed by atoms with van der Waals surface area (Å²) >= 11 is 0. The van der Waals surface area contributed by atoms with E-state index in [1.54, 1.807) is 49.4 Å². The van der Waals surface area contributed by atoms with E-state index in [-0.39, 0.29) is 23.3 Å². The molecule has 3 aromatic rings. The second-order valence-electron chi connectivity index (χ2n) is 9.92. The second kappa shape index (κ2) is 12.7. The van der Waals surface area contributed by atoms with Gasteiger partial charge in [0.15, 0.2) is 0 Å². The van der Waals surface area contributed by atoms with E-state index in [9.17, 15) is 18.0 Å². The number of amides is 2. The molecule has 1 N–H and O–H groups in total. The molecule has 0 fully saturated rings. The number of anilines is 1. The van der Waals surface area contributed by atoms with Crippen LogP contribution in [0.4, 0.5) is 5.69 Å². The third-order valence-corrected chi connectivity index (χ3v) is 8.17. The van der Waals surface area contributed by atoms with Crippen LogP contribution in [0.25, 0.3) is 0 Å². The third kappa shape index (κ3) is 7.22. The van der Waals surface area contributed by atoms with Gasteiger partial charge in [-0.3, -0.25) is 13.9 Å². The first-order chi connectivity index (χ1) is 18.0. The molecule has 38 heavy (non-hydrogen) atoms. The van der Waals surface area contributed by atoms with Gasteiger partial charge in [-0.15, -0.1) is 0 Å². The number of benzene rings is 3. The summed E-state index contributed by atoms with van der Waals surface area (Å²) in [6.45, 7) is 9.72. The van der Waals surface area contributed by atoms with Crippen LogP contribution in [0.3, 0.4) is 0 Å². The van der Waals surface area contributed by atoms with Crippen molar-refractivity contribution in [2.24, 2.45) is 5.92 Å². The molecule has 0 aliphatic carbocycles. The standard InChI is InChI=1S/C30H37N3O4S/c1-22(2)19-31-30(35)25(5)32(20-26-12-10-9-11-24(26)4)29(34)21-33(27-17-15-23(3)16-18-27)38(36,37)28-13-7-6-8-14-28/h6-18,22,25H,19-21H2,1-5H3,(H,31,35)/t25-/m0/s1. The summed E-state index contributed by atoms with van der Waals surface area (Å²) < 4.78 is 28.6. The Balaban J connectivity index is 2.00.